The molecule has 0 amide bonds. The molecule has 12 nitrogen and oxygen atoms in total. The molecule has 0 unspecified atom stereocenters. The molecule has 12 heteroatoms. The number of nitrogens with zero attached hydrogens (tertiary/aromatic N) is 3. The molecule has 0 fully saturated rings. The molecule has 2 aromatic rings. The molecule has 0 bridgehead atoms. The summed E-state index contributed by atoms with van der Waals surface area (Å²) in [5, 5.41) is 26.5. The van der Waals surface area contributed by atoms with Crippen LogP contribution in [0.15, 0.2) is 30.6 Å². The first-order valence-electron chi connectivity index (χ1n) is 7.58. The van der Waals surface area contributed by atoms with E-state index in [2.05, 4.69) is 37.5 Å². The summed E-state index contributed by atoms with van der Waals surface area (Å²) in [5.41, 5.74) is 10.7. The standard InChI is InChI=1S/C15H18N8O4/c1-7(17)19-14-21-13(18-3-2-16)22-15(23-14)20-10-5-8(11(24)25)4-9(6-10)12(26)27/h4-6H,1-3,16-17H2,(H,24,25)(H,26,27)(H3,18,19,20,21,22,23). The van der Waals surface area contributed by atoms with Crippen LogP contribution in [0.3, 0.4) is 0 Å². The second-order valence-corrected chi connectivity index (χ2v) is 5.21. The van der Waals surface area contributed by atoms with Gasteiger partial charge in [-0.05, 0) is 18.2 Å². The molecule has 0 aliphatic carbocycles. The van der Waals surface area contributed by atoms with Crippen LogP contribution in [0.25, 0.3) is 0 Å². The number of aromatic carboxylic acids is 2. The van der Waals surface area contributed by atoms with Gasteiger partial charge in [0.2, 0.25) is 17.8 Å². The zero-order valence-electron chi connectivity index (χ0n) is 14.1. The van der Waals surface area contributed by atoms with Gasteiger partial charge >= 0.3 is 11.9 Å². The summed E-state index contributed by atoms with van der Waals surface area (Å²) in [6.45, 7) is 4.22. The number of carboxylic acid groups (broad SMARTS) is 2. The molecule has 0 aliphatic rings. The minimum Gasteiger partial charge on any atom is -0.478 e. The Morgan fingerprint density at radius 1 is 1.00 bits per heavy atom. The highest BCUT2D eigenvalue weighted by Gasteiger charge is 2.13. The van der Waals surface area contributed by atoms with Crippen LogP contribution < -0.4 is 27.4 Å². The van der Waals surface area contributed by atoms with Crippen LogP contribution in [0.1, 0.15) is 20.7 Å². The van der Waals surface area contributed by atoms with Crippen molar-refractivity contribution in [3.8, 4) is 0 Å². The molecule has 2 rings (SSSR count). The fourth-order valence-electron chi connectivity index (χ4n) is 1.97. The van der Waals surface area contributed by atoms with E-state index in [4.69, 9.17) is 21.7 Å². The second-order valence-electron chi connectivity index (χ2n) is 5.21. The maximum absolute atomic E-state index is 11.2. The Bertz CT molecular complexity index is 854. The number of anilines is 4. The highest BCUT2D eigenvalue weighted by molar-refractivity contribution is 5.95. The van der Waals surface area contributed by atoms with Gasteiger partial charge in [0.1, 0.15) is 0 Å². The zero-order chi connectivity index (χ0) is 20.0. The molecule has 0 saturated carbocycles. The largest absolute Gasteiger partial charge is 0.478 e. The Kier molecular flexibility index (Phi) is 6.06. The highest BCUT2D eigenvalue weighted by atomic mass is 16.4. The number of nitrogens with one attached hydrogen (secondary N) is 3. The second kappa shape index (κ2) is 8.44. The Morgan fingerprint density at radius 3 is 2.07 bits per heavy atom. The molecule has 0 radical (unpaired) electrons. The first kappa shape index (κ1) is 19.4. The van der Waals surface area contributed by atoms with Gasteiger partial charge in [-0.1, -0.05) is 6.58 Å². The van der Waals surface area contributed by atoms with Gasteiger partial charge in [-0.2, -0.15) is 15.0 Å². The van der Waals surface area contributed by atoms with E-state index in [9.17, 15) is 9.59 Å². The van der Waals surface area contributed by atoms with Crippen molar-refractivity contribution in [2.75, 3.05) is 29.0 Å². The van der Waals surface area contributed by atoms with E-state index in [0.29, 0.717) is 13.1 Å². The number of hydrogen-bond acceptors (Lipinski definition) is 10. The van der Waals surface area contributed by atoms with Gasteiger partial charge < -0.3 is 37.6 Å². The quantitative estimate of drug-likeness (QED) is 0.315. The molecule has 1 heterocycles. The van der Waals surface area contributed by atoms with Gasteiger partial charge in [0.05, 0.1) is 16.9 Å². The number of benzene rings is 1. The van der Waals surface area contributed by atoms with Crippen LogP contribution in [-0.2, 0) is 0 Å². The number of carboxylic acids is 2. The topological polar surface area (TPSA) is 201 Å². The van der Waals surface area contributed by atoms with Gasteiger partial charge in [-0.15, -0.1) is 0 Å². The van der Waals surface area contributed by atoms with Crippen molar-refractivity contribution in [1.82, 2.24) is 15.0 Å². The SMILES string of the molecule is C=C(N)Nc1nc(NCCN)nc(Nc2cc(C(=O)O)cc(C(=O)O)c2)n1. The van der Waals surface area contributed by atoms with E-state index in [0.717, 1.165) is 6.07 Å². The molecule has 1 aromatic heterocycles. The molecule has 0 spiro atoms. The van der Waals surface area contributed by atoms with Crippen molar-refractivity contribution in [3.05, 3.63) is 41.7 Å². The number of carbonyl (C=O) groups is 2. The molecular weight excluding hydrogens is 356 g/mol. The molecule has 9 N–H and O–H groups in total. The molecule has 0 aliphatic heterocycles. The fraction of sp³-hybridized carbons (Fsp3) is 0.133. The van der Waals surface area contributed by atoms with Gasteiger partial charge in [-0.25, -0.2) is 9.59 Å². The van der Waals surface area contributed by atoms with E-state index in [-0.39, 0.29) is 40.5 Å². The summed E-state index contributed by atoms with van der Waals surface area (Å²) in [6, 6.07) is 3.55. The van der Waals surface area contributed by atoms with Gasteiger partial charge in [0.25, 0.3) is 0 Å². The van der Waals surface area contributed by atoms with Crippen LogP contribution >= 0.6 is 0 Å². The summed E-state index contributed by atoms with van der Waals surface area (Å²) in [7, 11) is 0. The van der Waals surface area contributed by atoms with E-state index in [1.807, 2.05) is 0 Å². The smallest absolute Gasteiger partial charge is 0.335 e. The van der Waals surface area contributed by atoms with Crippen LogP contribution in [0.5, 0.6) is 0 Å². The summed E-state index contributed by atoms with van der Waals surface area (Å²) >= 11 is 0. The lowest BCUT2D eigenvalue weighted by atomic mass is 10.1. The monoisotopic (exact) mass is 374 g/mol. The molecule has 0 saturated heterocycles. The lowest BCUT2D eigenvalue weighted by Gasteiger charge is -2.11. The third-order valence-electron chi connectivity index (χ3n) is 3.02. The number of hydrogen-bond donors (Lipinski definition) is 7. The molecular formula is C15H18N8O4. The van der Waals surface area contributed by atoms with Crippen LogP contribution in [0, 0.1) is 0 Å². The third-order valence-corrected chi connectivity index (χ3v) is 3.02. The summed E-state index contributed by atoms with van der Waals surface area (Å²) in [4.78, 5) is 34.7. The predicted octanol–water partition coefficient (Wildman–Crippen LogP) is 0.224. The van der Waals surface area contributed by atoms with E-state index >= 15 is 0 Å². The lowest BCUT2D eigenvalue weighted by molar-refractivity contribution is 0.0696. The van der Waals surface area contributed by atoms with Crippen molar-refractivity contribution in [2.45, 2.75) is 0 Å². The van der Waals surface area contributed by atoms with Crippen LogP contribution in [0.4, 0.5) is 23.5 Å². The van der Waals surface area contributed by atoms with Crippen molar-refractivity contribution >= 4 is 35.5 Å². The minimum atomic E-state index is -1.27. The van der Waals surface area contributed by atoms with Gasteiger partial charge in [-0.3, -0.25) is 0 Å². The van der Waals surface area contributed by atoms with Crippen molar-refractivity contribution < 1.29 is 19.8 Å². The first-order valence-corrected chi connectivity index (χ1v) is 7.58. The predicted molar refractivity (Wildman–Crippen MR) is 98.0 cm³/mol. The average molecular weight is 374 g/mol. The highest BCUT2D eigenvalue weighted by Crippen LogP contribution is 2.20. The number of nitrogens with two attached hydrogens (primary N) is 2. The van der Waals surface area contributed by atoms with Crippen molar-refractivity contribution in [3.63, 3.8) is 0 Å². The van der Waals surface area contributed by atoms with Gasteiger partial charge in [0, 0.05) is 18.8 Å². The average Bonchev–Trinajstić information content (AvgIpc) is 2.58. The Balaban J connectivity index is 2.41. The Morgan fingerprint density at radius 2 is 1.56 bits per heavy atom. The summed E-state index contributed by atoms with van der Waals surface area (Å²) < 4.78 is 0. The maximum atomic E-state index is 11.2. The molecule has 0 atom stereocenters. The normalized spacial score (nSPS) is 10.1. The number of aromatic nitrogens is 3. The summed E-state index contributed by atoms with van der Waals surface area (Å²) in [5.74, 6) is -2.18. The van der Waals surface area contributed by atoms with E-state index in [1.54, 1.807) is 0 Å². The molecule has 1 aromatic carbocycles. The lowest BCUT2D eigenvalue weighted by Crippen LogP contribution is -2.17. The molecule has 142 valence electrons. The van der Waals surface area contributed by atoms with Crippen molar-refractivity contribution in [1.29, 1.82) is 0 Å². The third kappa shape index (κ3) is 5.54. The minimum absolute atomic E-state index is 0.0205. The van der Waals surface area contributed by atoms with E-state index in [1.165, 1.54) is 12.1 Å². The maximum Gasteiger partial charge on any atom is 0.335 e. The molecule has 27 heavy (non-hydrogen) atoms. The Labute approximate surface area is 153 Å². The first-order chi connectivity index (χ1) is 12.8. The summed E-state index contributed by atoms with van der Waals surface area (Å²) in [6.07, 6.45) is 0. The Hall–Kier alpha value is -3.93. The number of rotatable bonds is 9. The zero-order valence-corrected chi connectivity index (χ0v) is 14.1. The van der Waals surface area contributed by atoms with Crippen LogP contribution in [0.2, 0.25) is 0 Å². The van der Waals surface area contributed by atoms with E-state index < -0.39 is 11.9 Å². The fourth-order valence-corrected chi connectivity index (χ4v) is 1.97. The van der Waals surface area contributed by atoms with Crippen LogP contribution in [-0.4, -0.2) is 50.2 Å². The van der Waals surface area contributed by atoms with Gasteiger partial charge in [0.15, 0.2) is 0 Å². The van der Waals surface area contributed by atoms with Crippen molar-refractivity contribution in [2.24, 2.45) is 11.5 Å².